The average Bonchev–Trinajstić information content (AvgIpc) is 2.52. The molecular weight excluding hydrogens is 252 g/mol. The number of hydrogen-bond acceptors (Lipinski definition) is 4. The van der Waals surface area contributed by atoms with Gasteiger partial charge in [-0.25, -0.2) is 0 Å². The van der Waals surface area contributed by atoms with Crippen LogP contribution in [-0.4, -0.2) is 76.5 Å². The second kappa shape index (κ2) is 21.1. The maximum absolute atomic E-state index is 5.21. The molecule has 0 radical (unpaired) electrons. The second-order valence-electron chi connectivity index (χ2n) is 4.29. The number of nitrogens with zero attached hydrogens (tertiary/aromatic N) is 2. The molecule has 0 N–H and O–H groups in total. The molecule has 0 aromatic rings. The molecule has 0 unspecified atom stereocenters. The summed E-state index contributed by atoms with van der Waals surface area (Å²) in [7, 11) is 5.94. The minimum atomic E-state index is 0.615. The van der Waals surface area contributed by atoms with Crippen molar-refractivity contribution >= 4 is 0 Å². The van der Waals surface area contributed by atoms with Gasteiger partial charge in [-0.05, 0) is 27.6 Å². The Balaban J connectivity index is -0.000000231. The standard InChI is InChI=1S/C6H13NO.C6H15NO.2C2H6/c1-6-5-8-4-3-7(6)2;1-4-7(2)5-6-8-3;2*1-2/h6H,3-5H2,1-2H3;4-6H2,1-3H3;2*1-2H3/t6-;;;/m1.../s1. The molecule has 126 valence electrons. The van der Waals surface area contributed by atoms with Crippen molar-refractivity contribution in [2.24, 2.45) is 0 Å². The van der Waals surface area contributed by atoms with Crippen molar-refractivity contribution < 1.29 is 9.47 Å². The van der Waals surface area contributed by atoms with Crippen molar-refractivity contribution in [3.63, 3.8) is 0 Å². The number of likely N-dealkylation sites (N-methyl/N-ethyl adjacent to an activating group) is 2. The summed E-state index contributed by atoms with van der Waals surface area (Å²) in [4.78, 5) is 4.52. The van der Waals surface area contributed by atoms with Crippen LogP contribution in [0.4, 0.5) is 0 Å². The third-order valence-corrected chi connectivity index (χ3v) is 2.92. The minimum Gasteiger partial charge on any atom is -0.383 e. The van der Waals surface area contributed by atoms with Crippen molar-refractivity contribution in [1.82, 2.24) is 9.80 Å². The summed E-state index contributed by atoms with van der Waals surface area (Å²) in [6.07, 6.45) is 0. The van der Waals surface area contributed by atoms with E-state index in [1.165, 1.54) is 0 Å². The lowest BCUT2D eigenvalue weighted by atomic mass is 10.3. The van der Waals surface area contributed by atoms with E-state index >= 15 is 0 Å². The minimum absolute atomic E-state index is 0.615. The van der Waals surface area contributed by atoms with Crippen LogP contribution in [-0.2, 0) is 9.47 Å². The van der Waals surface area contributed by atoms with Crippen LogP contribution in [0, 0.1) is 0 Å². The molecule has 0 saturated carbocycles. The Hall–Kier alpha value is -0.160. The van der Waals surface area contributed by atoms with Crippen LogP contribution in [0.3, 0.4) is 0 Å². The van der Waals surface area contributed by atoms with E-state index in [2.05, 4.69) is 37.7 Å². The summed E-state index contributed by atoms with van der Waals surface area (Å²) in [5.74, 6) is 0. The molecular formula is C16H40N2O2. The fourth-order valence-electron chi connectivity index (χ4n) is 1.22. The molecule has 1 rings (SSSR count). The molecule has 0 aromatic heterocycles. The smallest absolute Gasteiger partial charge is 0.0619 e. The fraction of sp³-hybridized carbons (Fsp3) is 1.00. The van der Waals surface area contributed by atoms with Crippen LogP contribution in [0.25, 0.3) is 0 Å². The number of morpholine rings is 1. The van der Waals surface area contributed by atoms with Gasteiger partial charge in [0.1, 0.15) is 0 Å². The second-order valence-corrected chi connectivity index (χ2v) is 4.29. The molecule has 0 bridgehead atoms. The first-order valence-corrected chi connectivity index (χ1v) is 8.07. The zero-order valence-corrected chi connectivity index (χ0v) is 15.5. The van der Waals surface area contributed by atoms with Gasteiger partial charge in [0.2, 0.25) is 0 Å². The van der Waals surface area contributed by atoms with Gasteiger partial charge in [-0.15, -0.1) is 0 Å². The number of ether oxygens (including phenoxy) is 2. The van der Waals surface area contributed by atoms with Gasteiger partial charge < -0.3 is 14.4 Å². The summed E-state index contributed by atoms with van der Waals surface area (Å²) in [5.41, 5.74) is 0. The number of methoxy groups -OCH3 is 1. The van der Waals surface area contributed by atoms with Crippen LogP contribution in [0.5, 0.6) is 0 Å². The van der Waals surface area contributed by atoms with E-state index < -0.39 is 0 Å². The topological polar surface area (TPSA) is 24.9 Å². The quantitative estimate of drug-likeness (QED) is 0.795. The van der Waals surface area contributed by atoms with Crippen LogP contribution in [0.15, 0.2) is 0 Å². The number of hydrogen-bond donors (Lipinski definition) is 0. The average molecular weight is 293 g/mol. The van der Waals surface area contributed by atoms with E-state index in [1.54, 1.807) is 7.11 Å². The maximum Gasteiger partial charge on any atom is 0.0619 e. The maximum atomic E-state index is 5.21. The summed E-state index contributed by atoms with van der Waals surface area (Å²) >= 11 is 0. The fourth-order valence-corrected chi connectivity index (χ4v) is 1.22. The van der Waals surface area contributed by atoms with Gasteiger partial charge >= 0.3 is 0 Å². The molecule has 1 aliphatic heterocycles. The SMILES string of the molecule is CC.CC.CCN(C)CCOC.C[C@@H]1COCCN1C. The molecule has 0 amide bonds. The summed E-state index contributed by atoms with van der Waals surface area (Å²) in [6, 6.07) is 0.615. The highest BCUT2D eigenvalue weighted by Gasteiger charge is 2.12. The first kappa shape index (κ1) is 24.8. The monoisotopic (exact) mass is 292 g/mol. The molecule has 1 fully saturated rings. The highest BCUT2D eigenvalue weighted by Crippen LogP contribution is 2.00. The van der Waals surface area contributed by atoms with E-state index in [-0.39, 0.29) is 0 Å². The Labute approximate surface area is 128 Å². The highest BCUT2D eigenvalue weighted by molar-refractivity contribution is 4.65. The van der Waals surface area contributed by atoms with E-state index in [4.69, 9.17) is 9.47 Å². The first-order valence-electron chi connectivity index (χ1n) is 8.07. The van der Waals surface area contributed by atoms with E-state index in [0.717, 1.165) is 39.5 Å². The van der Waals surface area contributed by atoms with Crippen molar-refractivity contribution in [2.75, 3.05) is 60.7 Å². The van der Waals surface area contributed by atoms with Crippen molar-refractivity contribution in [1.29, 1.82) is 0 Å². The van der Waals surface area contributed by atoms with E-state index in [0.29, 0.717) is 6.04 Å². The van der Waals surface area contributed by atoms with Crippen LogP contribution in [0.2, 0.25) is 0 Å². The lowest BCUT2D eigenvalue weighted by Crippen LogP contribution is -2.40. The van der Waals surface area contributed by atoms with Gasteiger partial charge in [0.05, 0.1) is 19.8 Å². The molecule has 20 heavy (non-hydrogen) atoms. The van der Waals surface area contributed by atoms with Crippen molar-refractivity contribution in [2.45, 2.75) is 47.6 Å². The lowest BCUT2D eigenvalue weighted by molar-refractivity contribution is 0.0131. The Morgan fingerprint density at radius 2 is 1.80 bits per heavy atom. The zero-order chi connectivity index (χ0) is 16.4. The summed E-state index contributed by atoms with van der Waals surface area (Å²) in [6.45, 7) is 18.2. The molecule has 0 aliphatic carbocycles. The Bertz CT molecular complexity index is 147. The molecule has 1 aliphatic rings. The van der Waals surface area contributed by atoms with E-state index in [9.17, 15) is 0 Å². The van der Waals surface area contributed by atoms with Gasteiger partial charge in [-0.2, -0.15) is 0 Å². The first-order chi connectivity index (χ1) is 9.61. The molecule has 4 nitrogen and oxygen atoms in total. The Morgan fingerprint density at radius 1 is 1.25 bits per heavy atom. The van der Waals surface area contributed by atoms with Gasteiger partial charge in [0, 0.05) is 26.2 Å². The Morgan fingerprint density at radius 3 is 2.10 bits per heavy atom. The van der Waals surface area contributed by atoms with Crippen molar-refractivity contribution in [3.8, 4) is 0 Å². The third kappa shape index (κ3) is 17.8. The third-order valence-electron chi connectivity index (χ3n) is 2.92. The highest BCUT2D eigenvalue weighted by atomic mass is 16.5. The Kier molecular flexibility index (Phi) is 26.3. The predicted molar refractivity (Wildman–Crippen MR) is 90.7 cm³/mol. The molecule has 4 heteroatoms. The zero-order valence-electron chi connectivity index (χ0n) is 15.5. The molecule has 1 saturated heterocycles. The van der Waals surface area contributed by atoms with Gasteiger partial charge in [-0.1, -0.05) is 34.6 Å². The predicted octanol–water partition coefficient (Wildman–Crippen LogP) is 2.97. The summed E-state index contributed by atoms with van der Waals surface area (Å²) in [5, 5.41) is 0. The largest absolute Gasteiger partial charge is 0.383 e. The number of rotatable bonds is 4. The van der Waals surface area contributed by atoms with Gasteiger partial charge in [0.15, 0.2) is 0 Å². The summed E-state index contributed by atoms with van der Waals surface area (Å²) < 4.78 is 10.1. The normalized spacial score (nSPS) is 18.0. The van der Waals surface area contributed by atoms with E-state index in [1.807, 2.05) is 27.7 Å². The molecule has 1 atom stereocenters. The van der Waals surface area contributed by atoms with Gasteiger partial charge in [0.25, 0.3) is 0 Å². The molecule has 0 spiro atoms. The lowest BCUT2D eigenvalue weighted by Gasteiger charge is -2.29. The van der Waals surface area contributed by atoms with Crippen LogP contribution < -0.4 is 0 Å². The van der Waals surface area contributed by atoms with Crippen LogP contribution >= 0.6 is 0 Å². The molecule has 0 aromatic carbocycles. The van der Waals surface area contributed by atoms with Crippen molar-refractivity contribution in [3.05, 3.63) is 0 Å². The van der Waals surface area contributed by atoms with Gasteiger partial charge in [-0.3, -0.25) is 4.90 Å². The van der Waals surface area contributed by atoms with Crippen LogP contribution in [0.1, 0.15) is 41.5 Å². The molecule has 1 heterocycles.